The summed E-state index contributed by atoms with van der Waals surface area (Å²) >= 11 is 0. The van der Waals surface area contributed by atoms with Gasteiger partial charge in [-0.25, -0.2) is 4.57 Å². The summed E-state index contributed by atoms with van der Waals surface area (Å²) in [6.45, 7) is 3.85. The highest BCUT2D eigenvalue weighted by molar-refractivity contribution is 7.47. The van der Waals surface area contributed by atoms with E-state index in [1.54, 1.807) is 0 Å². The molecule has 0 heterocycles. The second-order valence-corrected chi connectivity index (χ2v) is 29.8. The van der Waals surface area contributed by atoms with Crippen molar-refractivity contribution in [3.05, 3.63) is 12.2 Å². The molecule has 3 N–H and O–H groups in total. The Hall–Kier alpha value is -1.25. The lowest BCUT2D eigenvalue weighted by molar-refractivity contribution is -0.161. The maximum atomic E-state index is 12.8. The van der Waals surface area contributed by atoms with Crippen LogP contribution < -0.4 is 5.73 Å². The molecule has 0 bridgehead atoms. The van der Waals surface area contributed by atoms with Crippen molar-refractivity contribution in [2.24, 2.45) is 5.73 Å². The van der Waals surface area contributed by atoms with Gasteiger partial charge in [-0.15, -0.1) is 0 Å². The molecule has 0 aliphatic rings. The molecule has 10 heteroatoms. The minimum Gasteiger partial charge on any atom is -0.462 e. The Morgan fingerprint density at radius 2 is 0.538 bits per heavy atom. The predicted octanol–water partition coefficient (Wildman–Crippen LogP) is 27.4. The molecule has 9 nitrogen and oxygen atoms in total. The van der Waals surface area contributed by atoms with Crippen molar-refractivity contribution in [1.29, 1.82) is 0 Å². The summed E-state index contributed by atoms with van der Waals surface area (Å²) in [5.74, 6) is -0.796. The summed E-state index contributed by atoms with van der Waals surface area (Å²) in [7, 11) is -4.39. The molecule has 0 aromatic heterocycles. The molecule has 91 heavy (non-hydrogen) atoms. The van der Waals surface area contributed by atoms with Gasteiger partial charge in [0.1, 0.15) is 6.61 Å². The third-order valence-electron chi connectivity index (χ3n) is 19.2. The van der Waals surface area contributed by atoms with Gasteiger partial charge in [-0.2, -0.15) is 0 Å². The van der Waals surface area contributed by atoms with E-state index in [0.29, 0.717) is 6.42 Å². The Morgan fingerprint density at radius 1 is 0.319 bits per heavy atom. The van der Waals surface area contributed by atoms with Gasteiger partial charge in [0.2, 0.25) is 0 Å². The third kappa shape index (κ3) is 77.6. The maximum absolute atomic E-state index is 12.8. The molecule has 0 saturated heterocycles. The molecule has 0 amide bonds. The Balaban J connectivity index is 3.71. The number of nitrogens with two attached hydrogens (primary N) is 1. The Morgan fingerprint density at radius 3 is 0.780 bits per heavy atom. The lowest BCUT2D eigenvalue weighted by Crippen LogP contribution is -2.29. The fourth-order valence-corrected chi connectivity index (χ4v) is 13.8. The van der Waals surface area contributed by atoms with Crippen LogP contribution in [0.25, 0.3) is 0 Å². The number of hydrogen-bond acceptors (Lipinski definition) is 8. The van der Waals surface area contributed by atoms with Crippen LogP contribution in [0.2, 0.25) is 0 Å². The number of ether oxygens (including phenoxy) is 2. The zero-order valence-electron chi connectivity index (χ0n) is 61.4. The van der Waals surface area contributed by atoms with Gasteiger partial charge in [0, 0.05) is 19.4 Å². The fraction of sp³-hybridized carbons (Fsp3) is 0.951. The molecule has 0 radical (unpaired) electrons. The van der Waals surface area contributed by atoms with E-state index in [1.165, 1.54) is 398 Å². The van der Waals surface area contributed by atoms with Gasteiger partial charge in [-0.05, 0) is 38.5 Å². The van der Waals surface area contributed by atoms with Crippen molar-refractivity contribution in [1.82, 2.24) is 0 Å². The van der Waals surface area contributed by atoms with Crippen LogP contribution >= 0.6 is 7.82 Å². The van der Waals surface area contributed by atoms with Gasteiger partial charge < -0.3 is 20.1 Å². The summed E-state index contributed by atoms with van der Waals surface area (Å²) in [6, 6.07) is 0. The van der Waals surface area contributed by atoms with Crippen molar-refractivity contribution < 1.29 is 37.6 Å². The van der Waals surface area contributed by atoms with E-state index in [4.69, 9.17) is 24.3 Å². The van der Waals surface area contributed by atoms with Gasteiger partial charge in [0.05, 0.1) is 13.2 Å². The molecule has 0 aliphatic carbocycles. The number of phosphoric ester groups is 1. The molecule has 0 aromatic rings. The summed E-state index contributed by atoms with van der Waals surface area (Å²) < 4.78 is 33.3. The van der Waals surface area contributed by atoms with Crippen LogP contribution in [0, 0.1) is 0 Å². The number of phosphoric acid groups is 1. The minimum atomic E-state index is -4.39. The van der Waals surface area contributed by atoms with Crippen molar-refractivity contribution >= 4 is 19.8 Å². The van der Waals surface area contributed by atoms with Gasteiger partial charge in [-0.1, -0.05) is 424 Å². The number of allylic oxidation sites excluding steroid dienone is 2. The standard InChI is InChI=1S/C81H160NO8P/c1-3-5-7-9-11-13-15-17-19-21-23-25-27-29-31-33-35-36-37-38-39-40-41-42-44-45-47-49-51-53-55-57-59-61-63-65-67-69-71-73-80(83)87-77-79(78-89-91(85,86)88-76-75-82)90-81(84)74-72-70-68-66-64-62-60-58-56-54-52-50-48-46-43-34-32-30-28-26-24-22-20-18-16-14-12-10-8-6-4-2/h22,24,79H,3-21,23,25-78,82H2,1-2H3,(H,85,86)/b24-22-. The van der Waals surface area contributed by atoms with Crippen molar-refractivity contribution in [3.8, 4) is 0 Å². The average molecular weight is 1310 g/mol. The number of carbonyl (C=O) groups is 2. The first-order valence-electron chi connectivity index (χ1n) is 41.2. The molecule has 2 unspecified atom stereocenters. The molecule has 0 aromatic carbocycles. The van der Waals surface area contributed by atoms with E-state index in [2.05, 4.69) is 26.0 Å². The number of hydrogen-bond donors (Lipinski definition) is 2. The Kier molecular flexibility index (Phi) is 76.7. The third-order valence-corrected chi connectivity index (χ3v) is 20.1. The number of esters is 2. The SMILES string of the molecule is CCCCCCCCCC/C=C\CCCCCCCCCCCCCCCCCCCCCC(=O)OC(COC(=O)CCCCCCCCCCCCCCCCCCCCCCCCCCCCCCCCCCCCCCCCC)COP(=O)(O)OCCN. The molecule has 2 atom stereocenters. The van der Waals surface area contributed by atoms with Crippen LogP contribution in [0.1, 0.15) is 463 Å². The van der Waals surface area contributed by atoms with Gasteiger partial charge in [0.25, 0.3) is 0 Å². The smallest absolute Gasteiger partial charge is 0.462 e. The van der Waals surface area contributed by atoms with Crippen LogP contribution in [-0.2, 0) is 32.7 Å². The zero-order chi connectivity index (χ0) is 65.8. The minimum absolute atomic E-state index is 0.0580. The van der Waals surface area contributed by atoms with Crippen LogP contribution in [-0.4, -0.2) is 49.3 Å². The van der Waals surface area contributed by atoms with E-state index in [9.17, 15) is 19.0 Å². The molecule has 0 fully saturated rings. The van der Waals surface area contributed by atoms with Gasteiger partial charge in [-0.3, -0.25) is 18.6 Å². The molecule has 0 aliphatic heterocycles. The van der Waals surface area contributed by atoms with E-state index < -0.39 is 26.5 Å². The Labute approximate surface area is 568 Å². The first-order valence-corrected chi connectivity index (χ1v) is 42.7. The van der Waals surface area contributed by atoms with Gasteiger partial charge >= 0.3 is 19.8 Å². The molecule has 0 rings (SSSR count). The van der Waals surface area contributed by atoms with E-state index >= 15 is 0 Å². The van der Waals surface area contributed by atoms with Crippen LogP contribution in [0.4, 0.5) is 0 Å². The molecule has 0 saturated carbocycles. The zero-order valence-corrected chi connectivity index (χ0v) is 62.3. The first-order chi connectivity index (χ1) is 44.8. The van der Waals surface area contributed by atoms with E-state index in [-0.39, 0.29) is 38.6 Å². The Bertz CT molecular complexity index is 1500. The highest BCUT2D eigenvalue weighted by Gasteiger charge is 2.26. The van der Waals surface area contributed by atoms with Crippen molar-refractivity contribution in [3.63, 3.8) is 0 Å². The monoisotopic (exact) mass is 1310 g/mol. The molecule has 0 spiro atoms. The largest absolute Gasteiger partial charge is 0.472 e. The first kappa shape index (κ1) is 89.8. The average Bonchev–Trinajstić information content (AvgIpc) is 3.71. The summed E-state index contributed by atoms with van der Waals surface area (Å²) in [5, 5.41) is 0. The lowest BCUT2D eigenvalue weighted by Gasteiger charge is -2.19. The van der Waals surface area contributed by atoms with Crippen molar-refractivity contribution in [2.75, 3.05) is 26.4 Å². The fourth-order valence-electron chi connectivity index (χ4n) is 13.1. The van der Waals surface area contributed by atoms with Gasteiger partial charge in [0.15, 0.2) is 6.10 Å². The quantitative estimate of drug-likeness (QED) is 0.0264. The maximum Gasteiger partial charge on any atom is 0.472 e. The molecule has 542 valence electrons. The normalized spacial score (nSPS) is 12.8. The number of carbonyl (C=O) groups excluding carboxylic acids is 2. The molecular formula is C81H160NO8P. The predicted molar refractivity (Wildman–Crippen MR) is 395 cm³/mol. The number of rotatable bonds is 80. The van der Waals surface area contributed by atoms with Crippen molar-refractivity contribution in [2.45, 2.75) is 469 Å². The van der Waals surface area contributed by atoms with Crippen LogP contribution in [0.3, 0.4) is 0 Å². The highest BCUT2D eigenvalue weighted by atomic mass is 31.2. The topological polar surface area (TPSA) is 134 Å². The van der Waals surface area contributed by atoms with E-state index in [0.717, 1.165) is 32.1 Å². The van der Waals surface area contributed by atoms with E-state index in [1.807, 2.05) is 0 Å². The molecular weight excluding hydrogens is 1150 g/mol. The summed E-state index contributed by atoms with van der Waals surface area (Å²) in [4.78, 5) is 35.5. The van der Waals surface area contributed by atoms with Crippen LogP contribution in [0.15, 0.2) is 12.2 Å². The highest BCUT2D eigenvalue weighted by Crippen LogP contribution is 2.43. The summed E-state index contributed by atoms with van der Waals surface area (Å²) in [5.41, 5.74) is 5.42. The summed E-state index contributed by atoms with van der Waals surface area (Å²) in [6.07, 6.45) is 96.6. The number of unbranched alkanes of at least 4 members (excludes halogenated alkanes) is 65. The second kappa shape index (κ2) is 77.8. The van der Waals surface area contributed by atoms with Crippen LogP contribution in [0.5, 0.6) is 0 Å². The lowest BCUT2D eigenvalue weighted by atomic mass is 10.0. The second-order valence-electron chi connectivity index (χ2n) is 28.4.